The van der Waals surface area contributed by atoms with Crippen molar-refractivity contribution in [1.29, 1.82) is 0 Å². The Morgan fingerprint density at radius 2 is 1.44 bits per heavy atom. The Labute approximate surface area is 101 Å². The van der Waals surface area contributed by atoms with Crippen LogP contribution in [0.25, 0.3) is 0 Å². The second-order valence-electron chi connectivity index (χ2n) is 6.75. The highest BCUT2D eigenvalue weighted by molar-refractivity contribution is 4.95. The zero-order valence-electron chi connectivity index (χ0n) is 11.0. The van der Waals surface area contributed by atoms with Crippen LogP contribution in [0.2, 0.25) is 0 Å². The lowest BCUT2D eigenvalue weighted by Gasteiger charge is -2.48. The van der Waals surface area contributed by atoms with Gasteiger partial charge < -0.3 is 0 Å². The first-order valence-electron chi connectivity index (χ1n) is 7.90. The molecule has 16 heavy (non-hydrogen) atoms. The van der Waals surface area contributed by atoms with Crippen LogP contribution < -0.4 is 0 Å². The molecule has 3 rings (SSSR count). The fraction of sp³-hybridized carbons (Fsp3) is 1.00. The van der Waals surface area contributed by atoms with Crippen molar-refractivity contribution in [1.82, 2.24) is 0 Å². The highest BCUT2D eigenvalue weighted by atomic mass is 14.5. The largest absolute Gasteiger partial charge is 0.0654 e. The Morgan fingerprint density at radius 1 is 0.812 bits per heavy atom. The summed E-state index contributed by atoms with van der Waals surface area (Å²) in [5.41, 5.74) is 0. The van der Waals surface area contributed by atoms with Gasteiger partial charge in [0.05, 0.1) is 0 Å². The van der Waals surface area contributed by atoms with E-state index in [1.54, 1.807) is 51.4 Å². The predicted octanol–water partition coefficient (Wildman–Crippen LogP) is 5.03. The van der Waals surface area contributed by atoms with Gasteiger partial charge >= 0.3 is 0 Å². The van der Waals surface area contributed by atoms with Crippen molar-refractivity contribution in [3.63, 3.8) is 0 Å². The standard InChI is InChI=1S/C16H28/c1-2-6-16-14-9-4-3-7-12(14)11-13-8-5-10-15(13)16/h12-16H,2-11H2,1H3. The third-order valence-electron chi connectivity index (χ3n) is 6.01. The minimum Gasteiger partial charge on any atom is -0.0654 e. The smallest absolute Gasteiger partial charge is 0.0352 e. The molecule has 0 nitrogen and oxygen atoms in total. The van der Waals surface area contributed by atoms with Crippen LogP contribution in [0, 0.1) is 29.6 Å². The average molecular weight is 220 g/mol. The van der Waals surface area contributed by atoms with E-state index in [9.17, 15) is 0 Å². The molecule has 0 heterocycles. The van der Waals surface area contributed by atoms with Crippen LogP contribution >= 0.6 is 0 Å². The Hall–Kier alpha value is 0. The highest BCUT2D eigenvalue weighted by Gasteiger charge is 2.45. The first-order valence-corrected chi connectivity index (χ1v) is 7.90. The van der Waals surface area contributed by atoms with Crippen LogP contribution in [0.5, 0.6) is 0 Å². The summed E-state index contributed by atoms with van der Waals surface area (Å²) in [5, 5.41) is 0. The minimum absolute atomic E-state index is 1.14. The fourth-order valence-electron chi connectivity index (χ4n) is 5.48. The molecule has 0 heteroatoms. The van der Waals surface area contributed by atoms with E-state index in [1.807, 2.05) is 0 Å². The van der Waals surface area contributed by atoms with Crippen molar-refractivity contribution in [3.05, 3.63) is 0 Å². The summed E-state index contributed by atoms with van der Waals surface area (Å²) in [4.78, 5) is 0. The Balaban J connectivity index is 1.78. The summed E-state index contributed by atoms with van der Waals surface area (Å²) >= 11 is 0. The topological polar surface area (TPSA) is 0 Å². The Bertz CT molecular complexity index is 232. The highest BCUT2D eigenvalue weighted by Crippen LogP contribution is 2.55. The second kappa shape index (κ2) is 4.70. The molecular weight excluding hydrogens is 192 g/mol. The lowest BCUT2D eigenvalue weighted by molar-refractivity contribution is 0.0196. The van der Waals surface area contributed by atoms with Gasteiger partial charge in [-0.25, -0.2) is 0 Å². The molecule has 0 aromatic carbocycles. The van der Waals surface area contributed by atoms with Crippen molar-refractivity contribution in [2.24, 2.45) is 29.6 Å². The molecule has 0 radical (unpaired) electrons. The average Bonchev–Trinajstić information content (AvgIpc) is 2.77. The quantitative estimate of drug-likeness (QED) is 0.612. The van der Waals surface area contributed by atoms with Crippen molar-refractivity contribution >= 4 is 0 Å². The number of hydrogen-bond donors (Lipinski definition) is 0. The van der Waals surface area contributed by atoms with Gasteiger partial charge in [0.1, 0.15) is 0 Å². The van der Waals surface area contributed by atoms with Crippen molar-refractivity contribution in [2.75, 3.05) is 0 Å². The molecule has 3 fully saturated rings. The van der Waals surface area contributed by atoms with Crippen LogP contribution in [0.3, 0.4) is 0 Å². The third kappa shape index (κ3) is 1.83. The molecule has 0 aliphatic heterocycles. The number of rotatable bonds is 2. The van der Waals surface area contributed by atoms with Gasteiger partial charge in [0, 0.05) is 0 Å². The summed E-state index contributed by atoms with van der Waals surface area (Å²) in [7, 11) is 0. The lowest BCUT2D eigenvalue weighted by Crippen LogP contribution is -2.39. The summed E-state index contributed by atoms with van der Waals surface area (Å²) in [5.74, 6) is 5.73. The maximum Gasteiger partial charge on any atom is -0.0352 e. The van der Waals surface area contributed by atoms with Gasteiger partial charge in [-0.3, -0.25) is 0 Å². The fourth-order valence-corrected chi connectivity index (χ4v) is 5.48. The maximum absolute atomic E-state index is 2.40. The SMILES string of the molecule is CCCC1C2CCCCC2CC2CCCC21. The van der Waals surface area contributed by atoms with Crippen LogP contribution in [-0.2, 0) is 0 Å². The third-order valence-corrected chi connectivity index (χ3v) is 6.01. The molecule has 0 aromatic heterocycles. The van der Waals surface area contributed by atoms with Gasteiger partial charge in [0.15, 0.2) is 0 Å². The molecule has 0 spiro atoms. The summed E-state index contributed by atoms with van der Waals surface area (Å²) < 4.78 is 0. The number of fused-ring (bicyclic) bond motifs is 2. The molecule has 0 saturated heterocycles. The molecule has 5 unspecified atom stereocenters. The van der Waals surface area contributed by atoms with Gasteiger partial charge in [-0.1, -0.05) is 51.9 Å². The zero-order chi connectivity index (χ0) is 11.0. The van der Waals surface area contributed by atoms with E-state index in [2.05, 4.69) is 6.92 Å². The van der Waals surface area contributed by atoms with Gasteiger partial charge in [-0.15, -0.1) is 0 Å². The summed E-state index contributed by atoms with van der Waals surface area (Å²) in [6, 6.07) is 0. The van der Waals surface area contributed by atoms with Crippen LogP contribution in [0.1, 0.15) is 71.1 Å². The number of hydrogen-bond acceptors (Lipinski definition) is 0. The second-order valence-corrected chi connectivity index (χ2v) is 6.75. The van der Waals surface area contributed by atoms with Crippen molar-refractivity contribution in [2.45, 2.75) is 71.1 Å². The molecule has 5 atom stereocenters. The molecule has 3 aliphatic rings. The zero-order valence-corrected chi connectivity index (χ0v) is 11.0. The van der Waals surface area contributed by atoms with E-state index in [4.69, 9.17) is 0 Å². The van der Waals surface area contributed by atoms with E-state index in [0.29, 0.717) is 0 Å². The molecule has 0 bridgehead atoms. The van der Waals surface area contributed by atoms with Crippen molar-refractivity contribution < 1.29 is 0 Å². The maximum atomic E-state index is 2.40. The molecule has 3 saturated carbocycles. The summed E-state index contributed by atoms with van der Waals surface area (Å²) in [6.45, 7) is 2.40. The Morgan fingerprint density at radius 3 is 2.19 bits per heavy atom. The van der Waals surface area contributed by atoms with E-state index in [0.717, 1.165) is 29.6 Å². The van der Waals surface area contributed by atoms with Crippen LogP contribution in [0.15, 0.2) is 0 Å². The van der Waals surface area contributed by atoms with Crippen molar-refractivity contribution in [3.8, 4) is 0 Å². The Kier molecular flexibility index (Phi) is 3.27. The molecule has 0 amide bonds. The molecule has 3 aliphatic carbocycles. The van der Waals surface area contributed by atoms with E-state index < -0.39 is 0 Å². The van der Waals surface area contributed by atoms with E-state index in [-0.39, 0.29) is 0 Å². The molecule has 0 N–H and O–H groups in total. The molecular formula is C16H28. The van der Waals surface area contributed by atoms with Gasteiger partial charge in [-0.2, -0.15) is 0 Å². The summed E-state index contributed by atoms with van der Waals surface area (Å²) in [6.07, 6.45) is 15.5. The van der Waals surface area contributed by atoms with Crippen LogP contribution in [-0.4, -0.2) is 0 Å². The normalized spacial score (nSPS) is 47.4. The first-order chi connectivity index (χ1) is 7.90. The lowest BCUT2D eigenvalue weighted by atomic mass is 9.58. The van der Waals surface area contributed by atoms with Crippen LogP contribution in [0.4, 0.5) is 0 Å². The molecule has 92 valence electrons. The van der Waals surface area contributed by atoms with Gasteiger partial charge in [-0.05, 0) is 48.9 Å². The van der Waals surface area contributed by atoms with Gasteiger partial charge in [0.25, 0.3) is 0 Å². The first kappa shape index (κ1) is 11.1. The van der Waals surface area contributed by atoms with E-state index in [1.165, 1.54) is 12.8 Å². The monoisotopic (exact) mass is 220 g/mol. The van der Waals surface area contributed by atoms with Gasteiger partial charge in [0.2, 0.25) is 0 Å². The minimum atomic E-state index is 1.14. The molecule has 0 aromatic rings. The predicted molar refractivity (Wildman–Crippen MR) is 69.3 cm³/mol. The van der Waals surface area contributed by atoms with E-state index >= 15 is 0 Å².